The Hall–Kier alpha value is 0.805. The van der Waals surface area contributed by atoms with Gasteiger partial charge < -0.3 is 13.8 Å². The number of fused-ring (bicyclic) bond motifs is 1. The molecule has 0 amide bonds. The van der Waals surface area contributed by atoms with E-state index in [1.165, 1.54) is 44.1 Å². The first-order valence-electron chi connectivity index (χ1n) is 6.26. The van der Waals surface area contributed by atoms with Crippen molar-refractivity contribution in [1.29, 1.82) is 0 Å². The Bertz CT molecular complexity index is 204. The molecule has 2 aliphatic rings. The first-order valence-corrected chi connectivity index (χ1v) is 6.26. The van der Waals surface area contributed by atoms with E-state index in [0.29, 0.717) is 0 Å². The molecule has 1 radical (unpaired) electrons. The van der Waals surface area contributed by atoms with Gasteiger partial charge in [-0.05, 0) is 0 Å². The third-order valence-corrected chi connectivity index (χ3v) is 2.92. The van der Waals surface area contributed by atoms with Crippen LogP contribution in [0.2, 0.25) is 0 Å². The molecule has 0 aliphatic heterocycles. The molecular weight excluding hydrogens is 337 g/mol. The first kappa shape index (κ1) is 16.8. The predicted octanol–water partition coefficient (Wildman–Crippen LogP) is 4.84. The van der Waals surface area contributed by atoms with Crippen LogP contribution in [0.5, 0.6) is 0 Å². The minimum absolute atomic E-state index is 0. The van der Waals surface area contributed by atoms with Gasteiger partial charge >= 0.3 is 39.9 Å². The molecule has 2 rings (SSSR count). The molecule has 0 bridgehead atoms. The van der Waals surface area contributed by atoms with E-state index in [-0.39, 0.29) is 39.9 Å². The minimum Gasteiger partial charge on any atom is -0.343 e. The summed E-state index contributed by atoms with van der Waals surface area (Å²) in [6.45, 7) is 7.27. The molecule has 0 saturated heterocycles. The third-order valence-electron chi connectivity index (χ3n) is 2.92. The molecule has 0 unspecified atom stereocenters. The van der Waals surface area contributed by atoms with Gasteiger partial charge in [0.2, 0.25) is 0 Å². The van der Waals surface area contributed by atoms with Gasteiger partial charge in [0.05, 0.1) is 0 Å². The van der Waals surface area contributed by atoms with Crippen LogP contribution in [0.4, 0.5) is 0 Å². The molecule has 0 N–H and O–H groups in total. The Balaban J connectivity index is 0.000000330. The zero-order valence-electron chi connectivity index (χ0n) is 10.2. The van der Waals surface area contributed by atoms with Crippen LogP contribution in [0.1, 0.15) is 57.8 Å². The molecule has 0 heterocycles. The normalized spacial score (nSPS) is 18.1. The van der Waals surface area contributed by atoms with E-state index >= 15 is 0 Å². The third kappa shape index (κ3) is 6.52. The topological polar surface area (TPSA) is 0 Å². The summed E-state index contributed by atoms with van der Waals surface area (Å²) in [5, 5.41) is 0. The molecule has 0 spiro atoms. The second-order valence-electron chi connectivity index (χ2n) is 4.21. The van der Waals surface area contributed by atoms with Crippen molar-refractivity contribution in [3.05, 3.63) is 37.1 Å². The van der Waals surface area contributed by atoms with Crippen molar-refractivity contribution in [2.45, 2.75) is 57.8 Å². The summed E-state index contributed by atoms with van der Waals surface area (Å²) < 4.78 is 0. The van der Waals surface area contributed by atoms with E-state index in [1.54, 1.807) is 5.57 Å². The van der Waals surface area contributed by atoms with Crippen LogP contribution < -0.4 is 0 Å². The summed E-state index contributed by atoms with van der Waals surface area (Å²) in [5.41, 5.74) is 3.15. The van der Waals surface area contributed by atoms with E-state index in [2.05, 4.69) is 26.0 Å². The standard InChI is InChI=1S/C10H13.C5H10.Gd/c1-2-5-9-7-4-8-10(9)6-3-1;1-3-5-4-2;/h7H,1-6H2;1-5H2;/q-1;-2;+3. The van der Waals surface area contributed by atoms with Crippen LogP contribution in [0.25, 0.3) is 0 Å². The molecule has 1 heteroatoms. The van der Waals surface area contributed by atoms with Crippen LogP contribution in [0.15, 0.2) is 17.2 Å². The fourth-order valence-corrected chi connectivity index (χ4v) is 2.01. The minimum atomic E-state index is 0. The number of rotatable bonds is 2. The average molecular weight is 361 g/mol. The molecule has 0 aromatic carbocycles. The zero-order chi connectivity index (χ0) is 10.9. The summed E-state index contributed by atoms with van der Waals surface area (Å²) in [5.74, 6) is 0. The van der Waals surface area contributed by atoms with Gasteiger partial charge in [-0.25, -0.2) is 5.57 Å². The average Bonchev–Trinajstić information content (AvgIpc) is 2.58. The monoisotopic (exact) mass is 361 g/mol. The maximum Gasteiger partial charge on any atom is 3.00 e. The Labute approximate surface area is 134 Å². The van der Waals surface area contributed by atoms with Crippen LogP contribution in [0.3, 0.4) is 0 Å². The Kier molecular flexibility index (Phi) is 11.5. The van der Waals surface area contributed by atoms with Gasteiger partial charge in [0, 0.05) is 0 Å². The molecule has 1 saturated carbocycles. The van der Waals surface area contributed by atoms with Crippen LogP contribution in [-0.2, 0) is 0 Å². The van der Waals surface area contributed by atoms with Gasteiger partial charge in [0.25, 0.3) is 0 Å². The van der Waals surface area contributed by atoms with Crippen molar-refractivity contribution in [2.75, 3.05) is 0 Å². The van der Waals surface area contributed by atoms with Crippen molar-refractivity contribution in [3.63, 3.8) is 0 Å². The Morgan fingerprint density at radius 3 is 2.38 bits per heavy atom. The van der Waals surface area contributed by atoms with Crippen LogP contribution >= 0.6 is 0 Å². The van der Waals surface area contributed by atoms with Crippen LogP contribution in [-0.4, -0.2) is 0 Å². The van der Waals surface area contributed by atoms with Crippen molar-refractivity contribution in [3.8, 4) is 0 Å². The van der Waals surface area contributed by atoms with Gasteiger partial charge in [-0.3, -0.25) is 6.08 Å². The molecule has 16 heavy (non-hydrogen) atoms. The summed E-state index contributed by atoms with van der Waals surface area (Å²) >= 11 is 0. The fraction of sp³-hybridized carbons (Fsp3) is 0.600. The Morgan fingerprint density at radius 2 is 1.75 bits per heavy atom. The van der Waals surface area contributed by atoms with Crippen molar-refractivity contribution in [1.82, 2.24) is 0 Å². The number of hydrogen-bond donors (Lipinski definition) is 0. The molecule has 0 aromatic rings. The van der Waals surface area contributed by atoms with Crippen molar-refractivity contribution >= 4 is 0 Å². The summed E-state index contributed by atoms with van der Waals surface area (Å²) in [6.07, 6.45) is 16.9. The number of unbranched alkanes of at least 4 members (excludes halogenated alkanes) is 2. The van der Waals surface area contributed by atoms with E-state index in [9.17, 15) is 0 Å². The summed E-state index contributed by atoms with van der Waals surface area (Å²) in [6, 6.07) is 0. The molecule has 91 valence electrons. The maximum atomic E-state index is 3.64. The smallest absolute Gasteiger partial charge is 0.343 e. The maximum absolute atomic E-state index is 3.64. The molecule has 0 atom stereocenters. The van der Waals surface area contributed by atoms with E-state index in [4.69, 9.17) is 0 Å². The summed E-state index contributed by atoms with van der Waals surface area (Å²) in [7, 11) is 0. The fourth-order valence-electron chi connectivity index (χ4n) is 2.01. The molecule has 1 fully saturated rings. The van der Waals surface area contributed by atoms with Crippen LogP contribution in [0, 0.1) is 59.9 Å². The van der Waals surface area contributed by atoms with Gasteiger partial charge in [-0.15, -0.1) is 12.8 Å². The number of allylic oxidation sites excluding steroid dienone is 4. The van der Waals surface area contributed by atoms with Gasteiger partial charge in [-0.2, -0.15) is 24.5 Å². The SMILES string of the molecule is [C-]1=C2CCCCCC2=CC1.[CH2-]CCC[CH2-].[Gd+3]. The van der Waals surface area contributed by atoms with Gasteiger partial charge in [0.15, 0.2) is 0 Å². The zero-order valence-corrected chi connectivity index (χ0v) is 12.5. The van der Waals surface area contributed by atoms with E-state index in [0.717, 1.165) is 19.3 Å². The summed E-state index contributed by atoms with van der Waals surface area (Å²) in [4.78, 5) is 0. The molecule has 0 aromatic heterocycles. The molecule has 0 nitrogen and oxygen atoms in total. The quantitative estimate of drug-likeness (QED) is 0.619. The predicted molar refractivity (Wildman–Crippen MR) is 67.1 cm³/mol. The second-order valence-corrected chi connectivity index (χ2v) is 4.21. The first-order chi connectivity index (χ1) is 7.38. The molecular formula is C15H23Gd. The van der Waals surface area contributed by atoms with Crippen molar-refractivity contribution < 1.29 is 39.9 Å². The number of hydrogen-bond acceptors (Lipinski definition) is 0. The van der Waals surface area contributed by atoms with Crippen molar-refractivity contribution in [2.24, 2.45) is 0 Å². The van der Waals surface area contributed by atoms with Gasteiger partial charge in [0.1, 0.15) is 0 Å². The van der Waals surface area contributed by atoms with Gasteiger partial charge in [-0.1, -0.05) is 32.1 Å². The van der Waals surface area contributed by atoms with E-state index < -0.39 is 0 Å². The second kappa shape index (κ2) is 10.9. The largest absolute Gasteiger partial charge is 3.00 e. The molecule has 2 aliphatic carbocycles. The van der Waals surface area contributed by atoms with E-state index in [1.807, 2.05) is 0 Å². The Morgan fingerprint density at radius 1 is 1.06 bits per heavy atom.